The van der Waals surface area contributed by atoms with Crippen molar-refractivity contribution >= 4 is 17.5 Å². The zero-order valence-corrected chi connectivity index (χ0v) is 23.5. The van der Waals surface area contributed by atoms with Crippen molar-refractivity contribution in [3.63, 3.8) is 0 Å². The maximum atomic E-state index is 14.0. The van der Waals surface area contributed by atoms with Crippen molar-refractivity contribution in [2.45, 2.75) is 94.8 Å². The number of carbonyl (C=O) groups excluding carboxylic acids is 2. The molecule has 2 amide bonds. The summed E-state index contributed by atoms with van der Waals surface area (Å²) in [5, 5.41) is 14.2. The molecular formula is C29H33F5N6O3. The fourth-order valence-electron chi connectivity index (χ4n) is 5.87. The molecule has 3 fully saturated rings. The average Bonchev–Trinajstić information content (AvgIpc) is 3.88. The largest absolute Gasteiger partial charge is 0.392 e. The van der Waals surface area contributed by atoms with Crippen LogP contribution in [0.4, 0.5) is 22.0 Å². The standard InChI is InChI=1S/C29H33F5N6O3/c1-15(29(32,33)34)10-23(41)37-24(16-2-3-16)19-11-22-36-21(13-40(22)35-12-19)26(18-6-8-28(30,31)9-7-18)38-27(42)20-14-43-39-25(20)17-4-5-17/h11-18,24,26H,2-10H2,1H3,(H,37,41)(H,38,42)/t15-,24?,26+/m1/s1. The first-order valence-electron chi connectivity index (χ1n) is 14.7. The Morgan fingerprint density at radius 3 is 2.42 bits per heavy atom. The molecule has 3 aliphatic carbocycles. The topological polar surface area (TPSA) is 114 Å². The van der Waals surface area contributed by atoms with Gasteiger partial charge in [-0.05, 0) is 62.0 Å². The molecule has 0 radical (unpaired) electrons. The molecule has 2 N–H and O–H groups in total. The lowest BCUT2D eigenvalue weighted by molar-refractivity contribution is -0.174. The van der Waals surface area contributed by atoms with E-state index in [2.05, 4.69) is 20.9 Å². The summed E-state index contributed by atoms with van der Waals surface area (Å²) in [6.45, 7) is 0.976. The van der Waals surface area contributed by atoms with E-state index in [1.54, 1.807) is 18.5 Å². The zero-order chi connectivity index (χ0) is 30.5. The minimum atomic E-state index is -4.47. The fourth-order valence-corrected chi connectivity index (χ4v) is 5.87. The summed E-state index contributed by atoms with van der Waals surface area (Å²) in [6.07, 6.45) is 2.60. The minimum Gasteiger partial charge on any atom is -0.364 e. The summed E-state index contributed by atoms with van der Waals surface area (Å²) >= 11 is 0. The van der Waals surface area contributed by atoms with Crippen LogP contribution in [0.15, 0.2) is 29.2 Å². The molecule has 0 aliphatic heterocycles. The van der Waals surface area contributed by atoms with Crippen molar-refractivity contribution in [2.24, 2.45) is 17.8 Å². The summed E-state index contributed by atoms with van der Waals surface area (Å²) in [5.74, 6) is -5.69. The number of aromatic nitrogens is 4. The maximum absolute atomic E-state index is 14.0. The van der Waals surface area contributed by atoms with Crippen molar-refractivity contribution in [3.8, 4) is 0 Å². The predicted molar refractivity (Wildman–Crippen MR) is 142 cm³/mol. The van der Waals surface area contributed by atoms with Crippen LogP contribution in [0, 0.1) is 17.8 Å². The number of halogens is 5. The van der Waals surface area contributed by atoms with Crippen molar-refractivity contribution in [2.75, 3.05) is 0 Å². The molecule has 14 heteroatoms. The second kappa shape index (κ2) is 11.2. The first kappa shape index (κ1) is 29.5. The number of imidazole rings is 1. The molecule has 3 saturated carbocycles. The molecule has 0 saturated heterocycles. The highest BCUT2D eigenvalue weighted by Crippen LogP contribution is 2.44. The highest BCUT2D eigenvalue weighted by atomic mass is 19.4. The molecule has 6 rings (SSSR count). The van der Waals surface area contributed by atoms with E-state index < -0.39 is 48.3 Å². The van der Waals surface area contributed by atoms with Crippen LogP contribution in [-0.4, -0.2) is 43.7 Å². The van der Waals surface area contributed by atoms with Gasteiger partial charge in [0.05, 0.1) is 41.8 Å². The summed E-state index contributed by atoms with van der Waals surface area (Å²) in [6, 6.07) is 0.515. The van der Waals surface area contributed by atoms with E-state index in [0.717, 1.165) is 32.6 Å². The van der Waals surface area contributed by atoms with E-state index in [-0.39, 0.29) is 43.4 Å². The molecule has 0 bridgehead atoms. The van der Waals surface area contributed by atoms with E-state index >= 15 is 0 Å². The smallest absolute Gasteiger partial charge is 0.364 e. The van der Waals surface area contributed by atoms with Gasteiger partial charge in [-0.1, -0.05) is 12.1 Å². The Balaban J connectivity index is 1.25. The Hall–Kier alpha value is -3.58. The number of rotatable bonds is 10. The molecule has 43 heavy (non-hydrogen) atoms. The lowest BCUT2D eigenvalue weighted by Crippen LogP contribution is -2.37. The molecule has 3 aromatic heterocycles. The van der Waals surface area contributed by atoms with Crippen LogP contribution in [0.1, 0.15) is 110 Å². The van der Waals surface area contributed by atoms with E-state index in [0.29, 0.717) is 28.2 Å². The van der Waals surface area contributed by atoms with Crippen LogP contribution >= 0.6 is 0 Å². The Morgan fingerprint density at radius 1 is 1.07 bits per heavy atom. The number of alkyl halides is 5. The molecule has 9 nitrogen and oxygen atoms in total. The van der Waals surface area contributed by atoms with Gasteiger partial charge in [0.15, 0.2) is 5.65 Å². The highest BCUT2D eigenvalue weighted by Gasteiger charge is 2.41. The van der Waals surface area contributed by atoms with Crippen LogP contribution in [0.2, 0.25) is 0 Å². The van der Waals surface area contributed by atoms with Crippen LogP contribution in [0.3, 0.4) is 0 Å². The van der Waals surface area contributed by atoms with Crippen LogP contribution < -0.4 is 10.6 Å². The van der Waals surface area contributed by atoms with Gasteiger partial charge in [0.2, 0.25) is 11.8 Å². The van der Waals surface area contributed by atoms with Gasteiger partial charge in [0.1, 0.15) is 11.8 Å². The average molecular weight is 609 g/mol. The van der Waals surface area contributed by atoms with Crippen molar-refractivity contribution in [1.29, 1.82) is 0 Å². The summed E-state index contributed by atoms with van der Waals surface area (Å²) in [4.78, 5) is 30.6. The number of hydrogen-bond acceptors (Lipinski definition) is 6. The number of nitrogens with one attached hydrogen (secondary N) is 2. The van der Waals surface area contributed by atoms with Gasteiger partial charge in [0, 0.05) is 25.2 Å². The molecule has 0 spiro atoms. The van der Waals surface area contributed by atoms with Crippen LogP contribution in [0.25, 0.3) is 5.65 Å². The summed E-state index contributed by atoms with van der Waals surface area (Å²) < 4.78 is 73.6. The van der Waals surface area contributed by atoms with Crippen molar-refractivity contribution in [3.05, 3.63) is 47.2 Å². The van der Waals surface area contributed by atoms with E-state index in [1.165, 1.54) is 10.8 Å². The lowest BCUT2D eigenvalue weighted by Gasteiger charge is -2.33. The first-order chi connectivity index (χ1) is 20.4. The van der Waals surface area contributed by atoms with Crippen LogP contribution in [-0.2, 0) is 4.79 Å². The predicted octanol–water partition coefficient (Wildman–Crippen LogP) is 6.05. The number of amides is 2. The van der Waals surface area contributed by atoms with Gasteiger partial charge in [-0.25, -0.2) is 18.3 Å². The van der Waals surface area contributed by atoms with Gasteiger partial charge in [-0.15, -0.1) is 0 Å². The van der Waals surface area contributed by atoms with Gasteiger partial charge < -0.3 is 15.2 Å². The third-order valence-electron chi connectivity index (χ3n) is 8.82. The lowest BCUT2D eigenvalue weighted by atomic mass is 9.81. The van der Waals surface area contributed by atoms with E-state index in [1.807, 2.05) is 0 Å². The summed E-state index contributed by atoms with van der Waals surface area (Å²) in [5.41, 5.74) is 2.37. The van der Waals surface area contributed by atoms with Gasteiger partial charge in [-0.3, -0.25) is 9.59 Å². The summed E-state index contributed by atoms with van der Waals surface area (Å²) in [7, 11) is 0. The fraction of sp³-hybridized carbons (Fsp3) is 0.621. The van der Waals surface area contributed by atoms with Crippen molar-refractivity contribution < 1.29 is 36.1 Å². The SMILES string of the molecule is C[C@H](CC(=O)NC(c1cnn2cc([C@@H](NC(=O)c3conc3C3CC3)C3CCC(F)(F)CC3)nc2c1)C1CC1)C(F)(F)F. The second-order valence-electron chi connectivity index (χ2n) is 12.3. The quantitative estimate of drug-likeness (QED) is 0.271. The number of hydrogen-bond donors (Lipinski definition) is 2. The Kier molecular flexibility index (Phi) is 7.66. The molecule has 232 valence electrons. The molecule has 3 aromatic rings. The highest BCUT2D eigenvalue weighted by molar-refractivity contribution is 5.95. The second-order valence-corrected chi connectivity index (χ2v) is 12.3. The van der Waals surface area contributed by atoms with Gasteiger partial charge in [-0.2, -0.15) is 18.3 Å². The number of fused-ring (bicyclic) bond motifs is 1. The van der Waals surface area contributed by atoms with Gasteiger partial charge >= 0.3 is 6.18 Å². The zero-order valence-electron chi connectivity index (χ0n) is 23.5. The van der Waals surface area contributed by atoms with E-state index in [9.17, 15) is 31.5 Å². The number of carbonyl (C=O) groups is 2. The minimum absolute atomic E-state index is 0.0731. The molecule has 3 aliphatic rings. The normalized spacial score (nSPS) is 21.3. The third-order valence-corrected chi connectivity index (χ3v) is 8.82. The molecule has 0 aromatic carbocycles. The molecule has 3 heterocycles. The Bertz CT molecular complexity index is 1490. The van der Waals surface area contributed by atoms with E-state index in [4.69, 9.17) is 9.51 Å². The monoisotopic (exact) mass is 608 g/mol. The molecule has 3 atom stereocenters. The maximum Gasteiger partial charge on any atom is 0.392 e. The Morgan fingerprint density at radius 2 is 1.77 bits per heavy atom. The van der Waals surface area contributed by atoms with Gasteiger partial charge in [0.25, 0.3) is 5.91 Å². The molecular weight excluding hydrogens is 575 g/mol. The third kappa shape index (κ3) is 6.67. The van der Waals surface area contributed by atoms with Crippen LogP contribution in [0.5, 0.6) is 0 Å². The first-order valence-corrected chi connectivity index (χ1v) is 14.7. The Labute approximate surface area is 244 Å². The van der Waals surface area contributed by atoms with Crippen molar-refractivity contribution in [1.82, 2.24) is 30.4 Å². The molecule has 1 unspecified atom stereocenters. The number of nitrogens with zero attached hydrogens (tertiary/aromatic N) is 4.